The molecule has 4 aromatic carbocycles. The van der Waals surface area contributed by atoms with Crippen LogP contribution in [0.15, 0.2) is 103 Å². The van der Waals surface area contributed by atoms with E-state index in [0.29, 0.717) is 0 Å². The van der Waals surface area contributed by atoms with E-state index in [9.17, 15) is 0 Å². The van der Waals surface area contributed by atoms with Crippen molar-refractivity contribution in [3.05, 3.63) is 120 Å². The van der Waals surface area contributed by atoms with Crippen LogP contribution in [0.2, 0.25) is 0 Å². The number of rotatable bonds is 6. The molecule has 0 saturated carbocycles. The van der Waals surface area contributed by atoms with Crippen molar-refractivity contribution in [2.24, 2.45) is 0 Å². The van der Waals surface area contributed by atoms with Gasteiger partial charge in [-0.2, -0.15) is 0 Å². The molecule has 0 aliphatic heterocycles. The van der Waals surface area contributed by atoms with Crippen molar-refractivity contribution in [1.29, 1.82) is 0 Å². The Labute approximate surface area is 180 Å². The highest BCUT2D eigenvalue weighted by Gasteiger charge is 2.12. The number of anilines is 4. The van der Waals surface area contributed by atoms with Crippen LogP contribution in [-0.4, -0.2) is 7.05 Å². The lowest BCUT2D eigenvalue weighted by atomic mass is 10.1. The summed E-state index contributed by atoms with van der Waals surface area (Å²) >= 11 is 0. The molecular formula is C28H28N2. The summed E-state index contributed by atoms with van der Waals surface area (Å²) in [6, 6.07) is 36.8. The van der Waals surface area contributed by atoms with E-state index in [1.807, 2.05) is 0 Å². The van der Waals surface area contributed by atoms with Gasteiger partial charge in [-0.1, -0.05) is 65.7 Å². The fourth-order valence-electron chi connectivity index (χ4n) is 3.63. The molecule has 0 aliphatic rings. The highest BCUT2D eigenvalue weighted by Crippen LogP contribution is 2.34. The quantitative estimate of drug-likeness (QED) is 0.337. The van der Waals surface area contributed by atoms with E-state index >= 15 is 0 Å². The van der Waals surface area contributed by atoms with Crippen molar-refractivity contribution in [3.63, 3.8) is 0 Å². The molecule has 0 heterocycles. The molecule has 0 amide bonds. The normalized spacial score (nSPS) is 10.6. The van der Waals surface area contributed by atoms with Crippen LogP contribution in [0.5, 0.6) is 0 Å². The van der Waals surface area contributed by atoms with Gasteiger partial charge in [0.25, 0.3) is 0 Å². The van der Waals surface area contributed by atoms with Crippen LogP contribution in [0.4, 0.5) is 22.7 Å². The van der Waals surface area contributed by atoms with Gasteiger partial charge in [-0.25, -0.2) is 0 Å². The Morgan fingerprint density at radius 1 is 0.500 bits per heavy atom. The van der Waals surface area contributed by atoms with E-state index in [1.54, 1.807) is 0 Å². The minimum Gasteiger partial charge on any atom is -0.370 e. The average Bonchev–Trinajstić information content (AvgIpc) is 2.78. The minimum atomic E-state index is 0.874. The van der Waals surface area contributed by atoms with E-state index < -0.39 is 0 Å². The Hall–Kier alpha value is -3.52. The Morgan fingerprint density at radius 3 is 1.40 bits per heavy atom. The molecule has 2 heteroatoms. The molecule has 2 nitrogen and oxygen atoms in total. The van der Waals surface area contributed by atoms with Crippen molar-refractivity contribution in [2.75, 3.05) is 16.8 Å². The predicted molar refractivity (Wildman–Crippen MR) is 129 cm³/mol. The maximum absolute atomic E-state index is 2.31. The maximum atomic E-state index is 2.31. The summed E-state index contributed by atoms with van der Waals surface area (Å²) < 4.78 is 0. The van der Waals surface area contributed by atoms with Gasteiger partial charge in [0.2, 0.25) is 0 Å². The molecule has 30 heavy (non-hydrogen) atoms. The number of hydrogen-bond donors (Lipinski definition) is 0. The first-order chi connectivity index (χ1) is 14.6. The molecule has 0 saturated heterocycles. The summed E-state index contributed by atoms with van der Waals surface area (Å²) in [6.45, 7) is 5.12. The largest absolute Gasteiger partial charge is 0.370 e. The monoisotopic (exact) mass is 392 g/mol. The van der Waals surface area contributed by atoms with Gasteiger partial charge in [0.1, 0.15) is 0 Å². The SMILES string of the molecule is Cc1ccc(N(c2ccc(C)cc2)c2ccc(CN(C)c3ccccc3)cc2)cc1. The number of benzene rings is 4. The van der Waals surface area contributed by atoms with Gasteiger partial charge in [-0.05, 0) is 67.9 Å². The lowest BCUT2D eigenvalue weighted by molar-refractivity contribution is 0.923. The average molecular weight is 393 g/mol. The Balaban J connectivity index is 1.62. The van der Waals surface area contributed by atoms with E-state index in [1.165, 1.54) is 33.8 Å². The second-order valence-corrected chi connectivity index (χ2v) is 7.86. The van der Waals surface area contributed by atoms with Crippen LogP contribution in [0.3, 0.4) is 0 Å². The number of aryl methyl sites for hydroxylation is 2. The summed E-state index contributed by atoms with van der Waals surface area (Å²) in [4.78, 5) is 4.58. The summed E-state index contributed by atoms with van der Waals surface area (Å²) in [5.41, 5.74) is 8.54. The van der Waals surface area contributed by atoms with Gasteiger partial charge < -0.3 is 9.80 Å². The molecule has 150 valence electrons. The van der Waals surface area contributed by atoms with Crippen LogP contribution < -0.4 is 9.80 Å². The smallest absolute Gasteiger partial charge is 0.0461 e. The second kappa shape index (κ2) is 8.87. The molecule has 0 spiro atoms. The fraction of sp³-hybridized carbons (Fsp3) is 0.143. The molecule has 0 radical (unpaired) electrons. The highest BCUT2D eigenvalue weighted by atomic mass is 15.1. The number of hydrogen-bond acceptors (Lipinski definition) is 2. The van der Waals surface area contributed by atoms with Crippen molar-refractivity contribution in [3.8, 4) is 0 Å². The van der Waals surface area contributed by atoms with Crippen molar-refractivity contribution < 1.29 is 0 Å². The minimum absolute atomic E-state index is 0.874. The fourth-order valence-corrected chi connectivity index (χ4v) is 3.63. The summed E-state index contributed by atoms with van der Waals surface area (Å²) in [6.07, 6.45) is 0. The van der Waals surface area contributed by atoms with Gasteiger partial charge >= 0.3 is 0 Å². The van der Waals surface area contributed by atoms with Crippen molar-refractivity contribution >= 4 is 22.7 Å². The molecule has 0 aromatic heterocycles. The van der Waals surface area contributed by atoms with Gasteiger partial charge in [0.15, 0.2) is 0 Å². The zero-order valence-corrected chi connectivity index (χ0v) is 17.9. The van der Waals surface area contributed by atoms with Gasteiger partial charge in [0, 0.05) is 36.3 Å². The highest BCUT2D eigenvalue weighted by molar-refractivity contribution is 5.76. The Bertz CT molecular complexity index is 1020. The zero-order valence-electron chi connectivity index (χ0n) is 17.9. The first-order valence-corrected chi connectivity index (χ1v) is 10.4. The summed E-state index contributed by atoms with van der Waals surface area (Å²) in [7, 11) is 2.13. The topological polar surface area (TPSA) is 6.48 Å². The lowest BCUT2D eigenvalue weighted by Crippen LogP contribution is -2.16. The first kappa shape index (κ1) is 19.8. The van der Waals surface area contributed by atoms with E-state index in [4.69, 9.17) is 0 Å². The molecule has 0 bridgehead atoms. The maximum Gasteiger partial charge on any atom is 0.0461 e. The second-order valence-electron chi connectivity index (χ2n) is 7.86. The number of nitrogens with zero attached hydrogens (tertiary/aromatic N) is 2. The van der Waals surface area contributed by atoms with Crippen LogP contribution in [0.25, 0.3) is 0 Å². The molecule has 0 atom stereocenters. The summed E-state index contributed by atoms with van der Waals surface area (Å²) in [5.74, 6) is 0. The van der Waals surface area contributed by atoms with Crippen LogP contribution in [0, 0.1) is 13.8 Å². The molecule has 4 aromatic rings. The van der Waals surface area contributed by atoms with Gasteiger partial charge in [-0.3, -0.25) is 0 Å². The predicted octanol–water partition coefficient (Wildman–Crippen LogP) is 7.41. The third-order valence-corrected chi connectivity index (χ3v) is 5.40. The Morgan fingerprint density at radius 2 is 0.933 bits per heavy atom. The molecule has 0 aliphatic carbocycles. The molecule has 0 fully saturated rings. The van der Waals surface area contributed by atoms with E-state index in [0.717, 1.165) is 12.2 Å². The molecule has 0 N–H and O–H groups in total. The third kappa shape index (κ3) is 4.55. The summed E-state index contributed by atoms with van der Waals surface area (Å²) in [5, 5.41) is 0. The number of para-hydroxylation sites is 1. The van der Waals surface area contributed by atoms with Crippen LogP contribution in [-0.2, 0) is 6.54 Å². The lowest BCUT2D eigenvalue weighted by Gasteiger charge is -2.26. The first-order valence-electron chi connectivity index (χ1n) is 10.4. The van der Waals surface area contributed by atoms with Crippen molar-refractivity contribution in [1.82, 2.24) is 0 Å². The molecule has 0 unspecified atom stereocenters. The van der Waals surface area contributed by atoms with Gasteiger partial charge in [-0.15, -0.1) is 0 Å². The van der Waals surface area contributed by atoms with Crippen LogP contribution in [0.1, 0.15) is 16.7 Å². The molecule has 4 rings (SSSR count). The van der Waals surface area contributed by atoms with Gasteiger partial charge in [0.05, 0.1) is 0 Å². The Kier molecular flexibility index (Phi) is 5.85. The molecular weight excluding hydrogens is 364 g/mol. The van der Waals surface area contributed by atoms with E-state index in [-0.39, 0.29) is 0 Å². The zero-order chi connectivity index (χ0) is 20.9. The standard InChI is InChI=1S/C28H28N2/c1-22-9-15-26(16-10-22)30(27-17-11-23(2)12-18-27)28-19-13-24(14-20-28)21-29(3)25-7-5-4-6-8-25/h4-20H,21H2,1-3H3. The third-order valence-electron chi connectivity index (χ3n) is 5.40. The van der Waals surface area contributed by atoms with Crippen LogP contribution >= 0.6 is 0 Å². The van der Waals surface area contributed by atoms with E-state index in [2.05, 4.69) is 134 Å². The van der Waals surface area contributed by atoms with Crippen molar-refractivity contribution in [2.45, 2.75) is 20.4 Å².